The Kier molecular flexibility index (Phi) is 5.38. The zero-order chi connectivity index (χ0) is 17.9. The molecule has 0 aromatic heterocycles. The van der Waals surface area contributed by atoms with Crippen LogP contribution in [0.25, 0.3) is 0 Å². The first-order chi connectivity index (χ1) is 11.4. The predicted octanol–water partition coefficient (Wildman–Crippen LogP) is 4.14. The van der Waals surface area contributed by atoms with E-state index in [4.69, 9.17) is 4.74 Å². The van der Waals surface area contributed by atoms with E-state index in [-0.39, 0.29) is 5.56 Å². The minimum absolute atomic E-state index is 0.0299. The first-order valence-electron chi connectivity index (χ1n) is 6.77. The SMILES string of the molecule is CCOc1ccc(C(=O)OCc2c(F)c(F)c(F)c(F)c2F)cc1. The Morgan fingerprint density at radius 1 is 0.875 bits per heavy atom. The van der Waals surface area contributed by atoms with Gasteiger partial charge in [0.05, 0.1) is 17.7 Å². The number of hydrogen-bond donors (Lipinski definition) is 0. The fourth-order valence-corrected chi connectivity index (χ4v) is 1.85. The van der Waals surface area contributed by atoms with Crippen molar-refractivity contribution >= 4 is 5.97 Å². The smallest absolute Gasteiger partial charge is 0.338 e. The van der Waals surface area contributed by atoms with E-state index < -0.39 is 47.2 Å². The molecule has 0 bridgehead atoms. The van der Waals surface area contributed by atoms with E-state index in [2.05, 4.69) is 4.74 Å². The van der Waals surface area contributed by atoms with Crippen molar-refractivity contribution in [2.24, 2.45) is 0 Å². The minimum atomic E-state index is -2.27. The maximum absolute atomic E-state index is 13.5. The van der Waals surface area contributed by atoms with E-state index >= 15 is 0 Å². The van der Waals surface area contributed by atoms with Gasteiger partial charge in [0.1, 0.15) is 12.4 Å². The summed E-state index contributed by atoms with van der Waals surface area (Å²) in [4.78, 5) is 11.8. The van der Waals surface area contributed by atoms with Crippen molar-refractivity contribution in [2.75, 3.05) is 6.61 Å². The second-order valence-electron chi connectivity index (χ2n) is 4.58. The summed E-state index contributed by atoms with van der Waals surface area (Å²) in [5.41, 5.74) is -1.19. The van der Waals surface area contributed by atoms with Gasteiger partial charge in [-0.05, 0) is 31.2 Å². The molecule has 0 amide bonds. The quantitative estimate of drug-likeness (QED) is 0.353. The molecular weight excluding hydrogens is 335 g/mol. The Morgan fingerprint density at radius 2 is 1.38 bits per heavy atom. The number of benzene rings is 2. The lowest BCUT2D eigenvalue weighted by Crippen LogP contribution is -2.11. The van der Waals surface area contributed by atoms with Crippen LogP contribution in [0.5, 0.6) is 5.75 Å². The van der Waals surface area contributed by atoms with Crippen LogP contribution in [-0.2, 0) is 11.3 Å². The fraction of sp³-hybridized carbons (Fsp3) is 0.188. The van der Waals surface area contributed by atoms with Gasteiger partial charge >= 0.3 is 5.97 Å². The molecule has 3 nitrogen and oxygen atoms in total. The van der Waals surface area contributed by atoms with E-state index in [1.165, 1.54) is 24.3 Å². The third-order valence-corrected chi connectivity index (χ3v) is 3.05. The number of carbonyl (C=O) groups excluding carboxylic acids is 1. The highest BCUT2D eigenvalue weighted by Gasteiger charge is 2.26. The van der Waals surface area contributed by atoms with Crippen LogP contribution in [-0.4, -0.2) is 12.6 Å². The minimum Gasteiger partial charge on any atom is -0.494 e. The molecule has 0 N–H and O–H groups in total. The van der Waals surface area contributed by atoms with Gasteiger partial charge in [-0.3, -0.25) is 0 Å². The largest absolute Gasteiger partial charge is 0.494 e. The van der Waals surface area contributed by atoms with Crippen molar-refractivity contribution in [3.8, 4) is 5.75 Å². The van der Waals surface area contributed by atoms with Crippen molar-refractivity contribution in [2.45, 2.75) is 13.5 Å². The molecule has 0 fully saturated rings. The lowest BCUT2D eigenvalue weighted by molar-refractivity contribution is 0.0462. The monoisotopic (exact) mass is 346 g/mol. The van der Waals surface area contributed by atoms with E-state index in [1.807, 2.05) is 0 Å². The molecule has 0 atom stereocenters. The van der Waals surface area contributed by atoms with Gasteiger partial charge in [-0.1, -0.05) is 0 Å². The zero-order valence-electron chi connectivity index (χ0n) is 12.3. The van der Waals surface area contributed by atoms with Gasteiger partial charge in [-0.25, -0.2) is 26.7 Å². The van der Waals surface area contributed by atoms with Crippen LogP contribution in [0.1, 0.15) is 22.8 Å². The second kappa shape index (κ2) is 7.29. The molecule has 2 aromatic rings. The van der Waals surface area contributed by atoms with Crippen LogP contribution in [0, 0.1) is 29.1 Å². The van der Waals surface area contributed by atoms with Crippen molar-refractivity contribution in [1.29, 1.82) is 0 Å². The lowest BCUT2D eigenvalue weighted by Gasteiger charge is -2.09. The van der Waals surface area contributed by atoms with Crippen molar-refractivity contribution in [3.05, 3.63) is 64.5 Å². The molecule has 0 aliphatic carbocycles. The van der Waals surface area contributed by atoms with Crippen LogP contribution >= 0.6 is 0 Å². The predicted molar refractivity (Wildman–Crippen MR) is 73.0 cm³/mol. The maximum atomic E-state index is 13.5. The van der Waals surface area contributed by atoms with Crippen molar-refractivity contribution < 1.29 is 36.2 Å². The third kappa shape index (κ3) is 3.47. The summed E-state index contributed by atoms with van der Waals surface area (Å²) < 4.78 is 75.7. The Balaban J connectivity index is 2.15. The van der Waals surface area contributed by atoms with E-state index in [1.54, 1.807) is 6.92 Å². The first-order valence-corrected chi connectivity index (χ1v) is 6.77. The van der Waals surface area contributed by atoms with Gasteiger partial charge < -0.3 is 9.47 Å². The van der Waals surface area contributed by atoms with Gasteiger partial charge in [0.2, 0.25) is 5.82 Å². The lowest BCUT2D eigenvalue weighted by atomic mass is 10.1. The van der Waals surface area contributed by atoms with Crippen molar-refractivity contribution in [3.63, 3.8) is 0 Å². The van der Waals surface area contributed by atoms with Gasteiger partial charge in [-0.15, -0.1) is 0 Å². The van der Waals surface area contributed by atoms with Gasteiger partial charge in [0, 0.05) is 0 Å². The molecule has 0 saturated heterocycles. The van der Waals surface area contributed by atoms with Gasteiger partial charge in [-0.2, -0.15) is 0 Å². The summed E-state index contributed by atoms with van der Waals surface area (Å²) in [5.74, 6) is -11.0. The van der Waals surface area contributed by atoms with Crippen molar-refractivity contribution in [1.82, 2.24) is 0 Å². The number of esters is 1. The van der Waals surface area contributed by atoms with Crippen LogP contribution in [0.4, 0.5) is 22.0 Å². The molecule has 0 spiro atoms. The van der Waals surface area contributed by atoms with E-state index in [0.29, 0.717) is 12.4 Å². The standard InChI is InChI=1S/C16H11F5O3/c1-2-23-9-5-3-8(4-6-9)16(22)24-7-10-11(17)13(19)15(21)14(20)12(10)18/h3-6H,2,7H2,1H3. The van der Waals surface area contributed by atoms with Crippen LogP contribution in [0.3, 0.4) is 0 Å². The summed E-state index contributed by atoms with van der Waals surface area (Å²) in [7, 11) is 0. The van der Waals surface area contributed by atoms with Gasteiger partial charge in [0.15, 0.2) is 23.3 Å². The van der Waals surface area contributed by atoms with E-state index in [9.17, 15) is 26.7 Å². The average molecular weight is 346 g/mol. The Morgan fingerprint density at radius 3 is 1.88 bits per heavy atom. The molecule has 0 unspecified atom stereocenters. The second-order valence-corrected chi connectivity index (χ2v) is 4.58. The molecule has 0 saturated carbocycles. The molecule has 2 rings (SSSR count). The zero-order valence-corrected chi connectivity index (χ0v) is 12.3. The number of halogens is 5. The fourth-order valence-electron chi connectivity index (χ4n) is 1.85. The highest BCUT2D eigenvalue weighted by Crippen LogP contribution is 2.24. The number of ether oxygens (including phenoxy) is 2. The normalized spacial score (nSPS) is 10.6. The van der Waals surface area contributed by atoms with Gasteiger partial charge in [0.25, 0.3) is 0 Å². The molecular formula is C16H11F5O3. The number of carbonyl (C=O) groups is 1. The molecule has 128 valence electrons. The Hall–Kier alpha value is -2.64. The molecule has 0 radical (unpaired) electrons. The summed E-state index contributed by atoms with van der Waals surface area (Å²) in [6.07, 6.45) is 0. The topological polar surface area (TPSA) is 35.5 Å². The molecule has 0 heterocycles. The van der Waals surface area contributed by atoms with Crippen LogP contribution in [0.15, 0.2) is 24.3 Å². The summed E-state index contributed by atoms with van der Waals surface area (Å²) >= 11 is 0. The Labute approximate surface area is 133 Å². The first kappa shape index (κ1) is 17.7. The molecule has 2 aromatic carbocycles. The van der Waals surface area contributed by atoms with Crippen LogP contribution in [0.2, 0.25) is 0 Å². The molecule has 8 heteroatoms. The maximum Gasteiger partial charge on any atom is 0.338 e. The Bertz CT molecular complexity index is 730. The summed E-state index contributed by atoms with van der Waals surface area (Å²) in [5, 5.41) is 0. The molecule has 0 aliphatic heterocycles. The van der Waals surface area contributed by atoms with Crippen LogP contribution < -0.4 is 4.74 Å². The average Bonchev–Trinajstić information content (AvgIpc) is 2.59. The number of hydrogen-bond acceptors (Lipinski definition) is 3. The molecule has 24 heavy (non-hydrogen) atoms. The van der Waals surface area contributed by atoms with E-state index in [0.717, 1.165) is 0 Å². The highest BCUT2D eigenvalue weighted by atomic mass is 19.2. The third-order valence-electron chi connectivity index (χ3n) is 3.05. The summed E-state index contributed by atoms with van der Waals surface area (Å²) in [6.45, 7) is 1.09. The highest BCUT2D eigenvalue weighted by molar-refractivity contribution is 5.89. The molecule has 0 aliphatic rings. The summed E-state index contributed by atoms with van der Waals surface area (Å²) in [6, 6.07) is 5.62. The number of rotatable bonds is 5.